The fourth-order valence-electron chi connectivity index (χ4n) is 1.17. The molecule has 0 aliphatic carbocycles. The molecule has 2 aromatic rings. The summed E-state index contributed by atoms with van der Waals surface area (Å²) in [6.45, 7) is 0. The fourth-order valence-corrected chi connectivity index (χ4v) is 2.27. The molecule has 2 aromatic heterocycles. The van der Waals surface area contributed by atoms with Gasteiger partial charge >= 0.3 is 0 Å². The monoisotopic (exact) mass is 225 g/mol. The Morgan fingerprint density at radius 1 is 1.50 bits per heavy atom. The molecule has 72 valence electrons. The predicted octanol–water partition coefficient (Wildman–Crippen LogP) is 2.88. The van der Waals surface area contributed by atoms with Crippen LogP contribution in [0.2, 0.25) is 5.02 Å². The molecule has 0 aliphatic heterocycles. The number of aliphatic hydroxyl groups is 1. The van der Waals surface area contributed by atoms with Crippen LogP contribution in [0.5, 0.6) is 0 Å². The quantitative estimate of drug-likeness (QED) is 0.853. The average molecular weight is 226 g/mol. The summed E-state index contributed by atoms with van der Waals surface area (Å²) < 4.78 is 0. The lowest BCUT2D eigenvalue weighted by Gasteiger charge is -2.06. The van der Waals surface area contributed by atoms with Gasteiger partial charge < -0.3 is 5.11 Å². The Morgan fingerprint density at radius 3 is 2.93 bits per heavy atom. The molecule has 0 saturated carbocycles. The minimum atomic E-state index is -0.624. The Kier molecular flexibility index (Phi) is 2.82. The molecule has 0 saturated heterocycles. The van der Waals surface area contributed by atoms with Gasteiger partial charge in [-0.15, -0.1) is 11.3 Å². The molecular formula is C10H8ClNOS. The lowest BCUT2D eigenvalue weighted by molar-refractivity contribution is 0.224. The third-order valence-electron chi connectivity index (χ3n) is 1.86. The van der Waals surface area contributed by atoms with Crippen molar-refractivity contribution in [1.82, 2.24) is 4.98 Å². The van der Waals surface area contributed by atoms with Crippen molar-refractivity contribution in [2.24, 2.45) is 0 Å². The van der Waals surface area contributed by atoms with Crippen LogP contribution in [0.4, 0.5) is 0 Å². The van der Waals surface area contributed by atoms with Crippen LogP contribution in [0.25, 0.3) is 0 Å². The zero-order valence-electron chi connectivity index (χ0n) is 7.22. The van der Waals surface area contributed by atoms with E-state index in [2.05, 4.69) is 4.98 Å². The van der Waals surface area contributed by atoms with Crippen molar-refractivity contribution in [2.75, 3.05) is 0 Å². The normalized spacial score (nSPS) is 12.7. The second kappa shape index (κ2) is 4.09. The van der Waals surface area contributed by atoms with E-state index in [1.807, 2.05) is 6.07 Å². The summed E-state index contributed by atoms with van der Waals surface area (Å²) in [5, 5.41) is 12.4. The van der Waals surface area contributed by atoms with Crippen LogP contribution < -0.4 is 0 Å². The average Bonchev–Trinajstić information content (AvgIpc) is 2.65. The second-order valence-electron chi connectivity index (χ2n) is 2.86. The number of nitrogens with zero attached hydrogens (tertiary/aromatic N) is 1. The first-order chi connectivity index (χ1) is 6.77. The molecule has 0 bridgehead atoms. The van der Waals surface area contributed by atoms with Gasteiger partial charge in [0.05, 0.1) is 5.02 Å². The number of hydrogen-bond donors (Lipinski definition) is 1. The number of thiophene rings is 1. The number of halogens is 1. The molecule has 14 heavy (non-hydrogen) atoms. The first-order valence-electron chi connectivity index (χ1n) is 4.09. The van der Waals surface area contributed by atoms with Gasteiger partial charge in [-0.3, -0.25) is 4.98 Å². The first kappa shape index (κ1) is 9.65. The number of pyridine rings is 1. The van der Waals surface area contributed by atoms with Crippen LogP contribution in [0.1, 0.15) is 16.5 Å². The van der Waals surface area contributed by atoms with Gasteiger partial charge in [0.2, 0.25) is 0 Å². The zero-order chi connectivity index (χ0) is 9.97. The van der Waals surface area contributed by atoms with Gasteiger partial charge in [0.1, 0.15) is 6.10 Å². The van der Waals surface area contributed by atoms with E-state index in [0.717, 1.165) is 10.4 Å². The van der Waals surface area contributed by atoms with E-state index in [0.29, 0.717) is 5.02 Å². The van der Waals surface area contributed by atoms with Crippen molar-refractivity contribution in [3.8, 4) is 0 Å². The summed E-state index contributed by atoms with van der Waals surface area (Å²) in [4.78, 5) is 4.79. The van der Waals surface area contributed by atoms with Gasteiger partial charge in [-0.05, 0) is 12.1 Å². The lowest BCUT2D eigenvalue weighted by Crippen LogP contribution is -1.96. The Bertz CT molecular complexity index is 415. The summed E-state index contributed by atoms with van der Waals surface area (Å²) in [5.41, 5.74) is 0.783. The summed E-state index contributed by atoms with van der Waals surface area (Å²) in [6.07, 6.45) is 2.71. The van der Waals surface area contributed by atoms with E-state index in [-0.39, 0.29) is 0 Å². The van der Waals surface area contributed by atoms with Gasteiger partial charge in [-0.25, -0.2) is 0 Å². The molecule has 0 spiro atoms. The second-order valence-corrected chi connectivity index (χ2v) is 4.24. The van der Waals surface area contributed by atoms with E-state index in [1.54, 1.807) is 29.9 Å². The highest BCUT2D eigenvalue weighted by Gasteiger charge is 2.12. The molecule has 0 aliphatic rings. The Morgan fingerprint density at radius 2 is 2.36 bits per heavy atom. The predicted molar refractivity (Wildman–Crippen MR) is 57.6 cm³/mol. The molecule has 1 N–H and O–H groups in total. The third kappa shape index (κ3) is 1.95. The largest absolute Gasteiger partial charge is 0.383 e. The van der Waals surface area contributed by atoms with Crippen LogP contribution >= 0.6 is 22.9 Å². The van der Waals surface area contributed by atoms with Gasteiger partial charge in [-0.2, -0.15) is 0 Å². The molecule has 1 atom stereocenters. The molecular weight excluding hydrogens is 218 g/mol. The Hall–Kier alpha value is -0.900. The van der Waals surface area contributed by atoms with Gasteiger partial charge in [0.15, 0.2) is 0 Å². The maximum absolute atomic E-state index is 9.92. The van der Waals surface area contributed by atoms with E-state index >= 15 is 0 Å². The zero-order valence-corrected chi connectivity index (χ0v) is 8.79. The van der Waals surface area contributed by atoms with Crippen molar-refractivity contribution in [1.29, 1.82) is 0 Å². The van der Waals surface area contributed by atoms with Crippen molar-refractivity contribution >= 4 is 22.9 Å². The number of hydrogen-bond acceptors (Lipinski definition) is 3. The molecule has 0 amide bonds. The molecule has 0 radical (unpaired) electrons. The fraction of sp³-hybridized carbons (Fsp3) is 0.100. The van der Waals surface area contributed by atoms with Crippen molar-refractivity contribution < 1.29 is 5.11 Å². The minimum absolute atomic E-state index is 0.624. The topological polar surface area (TPSA) is 33.1 Å². The summed E-state index contributed by atoms with van der Waals surface area (Å²) in [6, 6.07) is 5.41. The maximum atomic E-state index is 9.92. The van der Waals surface area contributed by atoms with Crippen LogP contribution in [-0.2, 0) is 0 Å². The van der Waals surface area contributed by atoms with Crippen LogP contribution in [0, 0.1) is 0 Å². The molecule has 2 nitrogen and oxygen atoms in total. The Labute approximate surface area is 90.8 Å². The highest BCUT2D eigenvalue weighted by molar-refractivity contribution is 7.10. The molecule has 4 heteroatoms. The van der Waals surface area contributed by atoms with Crippen molar-refractivity contribution in [3.05, 3.63) is 51.4 Å². The highest BCUT2D eigenvalue weighted by atomic mass is 35.5. The SMILES string of the molecule is OC(c1cccnc1)c1cc(Cl)cs1. The number of rotatable bonds is 2. The van der Waals surface area contributed by atoms with E-state index < -0.39 is 6.10 Å². The Balaban J connectivity index is 2.29. The van der Waals surface area contributed by atoms with E-state index in [4.69, 9.17) is 11.6 Å². The smallest absolute Gasteiger partial charge is 0.115 e. The standard InChI is InChI=1S/C10H8ClNOS/c11-8-4-9(14-6-8)10(13)7-2-1-3-12-5-7/h1-6,10,13H. The third-order valence-corrected chi connectivity index (χ3v) is 3.19. The number of aliphatic hydroxyl groups excluding tert-OH is 1. The van der Waals surface area contributed by atoms with E-state index in [9.17, 15) is 5.11 Å². The summed E-state index contributed by atoms with van der Waals surface area (Å²) >= 11 is 7.22. The molecule has 0 fully saturated rings. The lowest BCUT2D eigenvalue weighted by atomic mass is 10.1. The van der Waals surface area contributed by atoms with Crippen molar-refractivity contribution in [2.45, 2.75) is 6.10 Å². The summed E-state index contributed by atoms with van der Waals surface area (Å²) in [7, 11) is 0. The molecule has 0 aromatic carbocycles. The van der Waals surface area contributed by atoms with Crippen LogP contribution in [0.3, 0.4) is 0 Å². The molecule has 2 heterocycles. The summed E-state index contributed by atoms with van der Waals surface area (Å²) in [5.74, 6) is 0. The molecule has 1 unspecified atom stereocenters. The molecule has 2 rings (SSSR count). The van der Waals surface area contributed by atoms with Crippen LogP contribution in [-0.4, -0.2) is 10.1 Å². The number of aromatic nitrogens is 1. The van der Waals surface area contributed by atoms with Crippen molar-refractivity contribution in [3.63, 3.8) is 0 Å². The van der Waals surface area contributed by atoms with E-state index in [1.165, 1.54) is 11.3 Å². The maximum Gasteiger partial charge on any atom is 0.115 e. The van der Waals surface area contributed by atoms with Gasteiger partial charge in [0, 0.05) is 28.2 Å². The first-order valence-corrected chi connectivity index (χ1v) is 5.35. The minimum Gasteiger partial charge on any atom is -0.383 e. The highest BCUT2D eigenvalue weighted by Crippen LogP contribution is 2.29. The van der Waals surface area contributed by atoms with Crippen LogP contribution in [0.15, 0.2) is 36.0 Å². The van der Waals surface area contributed by atoms with Gasteiger partial charge in [-0.1, -0.05) is 17.7 Å². The van der Waals surface area contributed by atoms with Gasteiger partial charge in [0.25, 0.3) is 0 Å².